The zero-order valence-electron chi connectivity index (χ0n) is 16.4. The van der Waals surface area contributed by atoms with E-state index in [1.807, 2.05) is 0 Å². The van der Waals surface area contributed by atoms with Crippen molar-refractivity contribution >= 4 is 0 Å². The number of likely N-dealkylation sites (tertiary alicyclic amines) is 1. The molecule has 2 aromatic heterocycles. The van der Waals surface area contributed by atoms with Crippen molar-refractivity contribution in [1.29, 1.82) is 0 Å². The van der Waals surface area contributed by atoms with Crippen molar-refractivity contribution in [3.05, 3.63) is 47.0 Å². The lowest BCUT2D eigenvalue weighted by atomic mass is 9.92. The van der Waals surface area contributed by atoms with E-state index in [0.29, 0.717) is 17.8 Å². The van der Waals surface area contributed by atoms with Gasteiger partial charge in [-0.25, -0.2) is 0 Å². The topological polar surface area (TPSA) is 34.0 Å². The van der Waals surface area contributed by atoms with Gasteiger partial charge in [-0.3, -0.25) is 9.67 Å². The van der Waals surface area contributed by atoms with Gasteiger partial charge in [-0.2, -0.15) is 5.10 Å². The molecule has 1 atom stereocenters. The summed E-state index contributed by atoms with van der Waals surface area (Å²) < 4.78 is 2.14. The highest BCUT2D eigenvalue weighted by Gasteiger charge is 2.20. The van der Waals surface area contributed by atoms with Gasteiger partial charge >= 0.3 is 0 Å². The van der Waals surface area contributed by atoms with E-state index in [1.54, 1.807) is 0 Å². The second kappa shape index (κ2) is 7.69. The molecule has 1 unspecified atom stereocenters. The van der Waals surface area contributed by atoms with E-state index in [-0.39, 0.29) is 0 Å². The van der Waals surface area contributed by atoms with E-state index in [2.05, 4.69) is 68.6 Å². The van der Waals surface area contributed by atoms with E-state index in [1.165, 1.54) is 48.7 Å². The average molecular weight is 341 g/mol. The first-order valence-corrected chi connectivity index (χ1v) is 9.63. The number of aromatic nitrogens is 3. The minimum Gasteiger partial charge on any atom is -0.306 e. The molecule has 0 aliphatic carbocycles. The summed E-state index contributed by atoms with van der Waals surface area (Å²) in [6.45, 7) is 12.0. The monoisotopic (exact) mass is 340 g/mol. The molecule has 4 heteroatoms. The molecule has 1 saturated heterocycles. The third kappa shape index (κ3) is 4.30. The van der Waals surface area contributed by atoms with Crippen molar-refractivity contribution in [3.63, 3.8) is 0 Å². The molecule has 0 radical (unpaired) electrons. The Hall–Kier alpha value is -1.68. The summed E-state index contributed by atoms with van der Waals surface area (Å²) in [4.78, 5) is 7.44. The van der Waals surface area contributed by atoms with Crippen LogP contribution in [0, 0.1) is 6.92 Å². The molecule has 1 aliphatic heterocycles. The maximum Gasteiger partial charge on any atom is 0.0652 e. The molecule has 4 nitrogen and oxygen atoms in total. The van der Waals surface area contributed by atoms with Crippen LogP contribution in [0.1, 0.15) is 74.1 Å². The van der Waals surface area contributed by atoms with Crippen LogP contribution in [-0.4, -0.2) is 39.8 Å². The molecule has 3 heterocycles. The highest BCUT2D eigenvalue weighted by atomic mass is 15.3. The molecule has 0 spiro atoms. The quantitative estimate of drug-likeness (QED) is 0.813. The van der Waals surface area contributed by atoms with Crippen molar-refractivity contribution < 1.29 is 0 Å². The lowest BCUT2D eigenvalue weighted by Gasteiger charge is -2.29. The van der Waals surface area contributed by atoms with Crippen LogP contribution in [-0.2, 0) is 6.54 Å². The van der Waals surface area contributed by atoms with Crippen LogP contribution < -0.4 is 0 Å². The smallest absolute Gasteiger partial charge is 0.0652 e. The van der Waals surface area contributed by atoms with E-state index >= 15 is 0 Å². The first-order chi connectivity index (χ1) is 11.9. The van der Waals surface area contributed by atoms with Crippen LogP contribution in [0.3, 0.4) is 0 Å². The average Bonchev–Trinajstić information content (AvgIpc) is 2.97. The predicted molar refractivity (Wildman–Crippen MR) is 103 cm³/mol. The summed E-state index contributed by atoms with van der Waals surface area (Å²) in [5, 5.41) is 4.78. The van der Waals surface area contributed by atoms with Crippen molar-refractivity contribution in [3.8, 4) is 0 Å². The van der Waals surface area contributed by atoms with Crippen LogP contribution in [0.25, 0.3) is 0 Å². The standard InChI is InChI=1S/C21H32N4/c1-15(2)21-13-17(4)25(23-21)14-16(3)19-7-6-8-20(22-19)18-9-11-24(5)12-10-18/h6-8,13,15-16,18H,9-12,14H2,1-5H3. The molecule has 25 heavy (non-hydrogen) atoms. The molecular formula is C21H32N4. The van der Waals surface area contributed by atoms with Crippen LogP contribution in [0.15, 0.2) is 24.3 Å². The van der Waals surface area contributed by atoms with Gasteiger partial charge in [0.1, 0.15) is 0 Å². The normalized spacial score (nSPS) is 18.0. The van der Waals surface area contributed by atoms with Crippen molar-refractivity contribution in [2.24, 2.45) is 0 Å². The van der Waals surface area contributed by atoms with E-state index in [0.717, 1.165) is 6.54 Å². The largest absolute Gasteiger partial charge is 0.306 e. The molecule has 0 N–H and O–H groups in total. The third-order valence-electron chi connectivity index (χ3n) is 5.47. The second-order valence-electron chi connectivity index (χ2n) is 8.01. The molecule has 0 saturated carbocycles. The Morgan fingerprint density at radius 1 is 1.12 bits per heavy atom. The molecule has 0 aromatic carbocycles. The lowest BCUT2D eigenvalue weighted by molar-refractivity contribution is 0.253. The lowest BCUT2D eigenvalue weighted by Crippen LogP contribution is -2.29. The third-order valence-corrected chi connectivity index (χ3v) is 5.47. The second-order valence-corrected chi connectivity index (χ2v) is 8.01. The maximum atomic E-state index is 5.03. The maximum absolute atomic E-state index is 5.03. The fourth-order valence-electron chi connectivity index (χ4n) is 3.63. The summed E-state index contributed by atoms with van der Waals surface area (Å²) in [5.41, 5.74) is 4.88. The highest BCUT2D eigenvalue weighted by molar-refractivity contribution is 5.19. The van der Waals surface area contributed by atoms with Crippen LogP contribution in [0.2, 0.25) is 0 Å². The fraction of sp³-hybridized carbons (Fsp3) is 0.619. The SMILES string of the molecule is Cc1cc(C(C)C)nn1CC(C)c1cccc(C2CCN(C)CC2)n1. The number of rotatable bonds is 5. The van der Waals surface area contributed by atoms with Crippen molar-refractivity contribution in [2.45, 2.75) is 64.8 Å². The molecule has 136 valence electrons. The number of hydrogen-bond donors (Lipinski definition) is 0. The number of piperidine rings is 1. The van der Waals surface area contributed by atoms with Gasteiger partial charge in [0.25, 0.3) is 0 Å². The zero-order valence-corrected chi connectivity index (χ0v) is 16.4. The molecule has 0 amide bonds. The van der Waals surface area contributed by atoms with Gasteiger partial charge in [-0.05, 0) is 64.0 Å². The summed E-state index contributed by atoms with van der Waals surface area (Å²) in [6, 6.07) is 8.77. The number of pyridine rings is 1. The molecule has 1 aliphatic rings. The Balaban J connectivity index is 1.72. The van der Waals surface area contributed by atoms with Gasteiger partial charge in [0.05, 0.1) is 5.69 Å². The summed E-state index contributed by atoms with van der Waals surface area (Å²) in [7, 11) is 2.21. The van der Waals surface area contributed by atoms with E-state index < -0.39 is 0 Å². The summed E-state index contributed by atoms with van der Waals surface area (Å²) in [5.74, 6) is 1.45. The molecule has 3 rings (SSSR count). The minimum absolute atomic E-state index is 0.366. The Kier molecular flexibility index (Phi) is 5.57. The highest BCUT2D eigenvalue weighted by Crippen LogP contribution is 2.27. The van der Waals surface area contributed by atoms with Crippen LogP contribution >= 0.6 is 0 Å². The molecule has 2 aromatic rings. The van der Waals surface area contributed by atoms with Crippen molar-refractivity contribution in [2.75, 3.05) is 20.1 Å². The van der Waals surface area contributed by atoms with Gasteiger partial charge in [-0.15, -0.1) is 0 Å². The molecular weight excluding hydrogens is 308 g/mol. The Morgan fingerprint density at radius 2 is 1.84 bits per heavy atom. The van der Waals surface area contributed by atoms with Gasteiger partial charge in [-0.1, -0.05) is 26.8 Å². The number of nitrogens with zero attached hydrogens (tertiary/aromatic N) is 4. The number of aryl methyl sites for hydroxylation is 1. The van der Waals surface area contributed by atoms with E-state index in [4.69, 9.17) is 10.1 Å². The summed E-state index contributed by atoms with van der Waals surface area (Å²) >= 11 is 0. The zero-order chi connectivity index (χ0) is 18.0. The molecule has 1 fully saturated rings. The van der Waals surface area contributed by atoms with Gasteiger partial charge < -0.3 is 4.90 Å². The van der Waals surface area contributed by atoms with Crippen molar-refractivity contribution in [1.82, 2.24) is 19.7 Å². The van der Waals surface area contributed by atoms with E-state index in [9.17, 15) is 0 Å². The first-order valence-electron chi connectivity index (χ1n) is 9.63. The van der Waals surface area contributed by atoms with Crippen LogP contribution in [0.4, 0.5) is 0 Å². The Morgan fingerprint density at radius 3 is 2.48 bits per heavy atom. The Bertz CT molecular complexity index is 696. The van der Waals surface area contributed by atoms with Gasteiger partial charge in [0, 0.05) is 35.5 Å². The van der Waals surface area contributed by atoms with Gasteiger partial charge in [0.15, 0.2) is 0 Å². The van der Waals surface area contributed by atoms with Crippen LogP contribution in [0.5, 0.6) is 0 Å². The predicted octanol–water partition coefficient (Wildman–Crippen LogP) is 4.32. The van der Waals surface area contributed by atoms with Gasteiger partial charge in [0.2, 0.25) is 0 Å². The Labute approximate surface area is 152 Å². The minimum atomic E-state index is 0.366. The summed E-state index contributed by atoms with van der Waals surface area (Å²) in [6.07, 6.45) is 2.44. The first kappa shape index (κ1) is 18.1. The molecule has 0 bridgehead atoms. The number of hydrogen-bond acceptors (Lipinski definition) is 3. The fourth-order valence-corrected chi connectivity index (χ4v) is 3.63.